The van der Waals surface area contributed by atoms with Crippen LogP contribution in [0.2, 0.25) is 0 Å². The number of hydrogen-bond acceptors (Lipinski definition) is 3. The third-order valence-corrected chi connectivity index (χ3v) is 5.12. The average Bonchev–Trinajstić information content (AvgIpc) is 2.97. The van der Waals surface area contributed by atoms with Crippen molar-refractivity contribution in [3.8, 4) is 0 Å². The zero-order chi connectivity index (χ0) is 17.7. The van der Waals surface area contributed by atoms with E-state index in [0.29, 0.717) is 6.54 Å². The zero-order valence-electron chi connectivity index (χ0n) is 15.3. The fourth-order valence-electron chi connectivity index (χ4n) is 2.73. The second-order valence-corrected chi connectivity index (χ2v) is 8.03. The number of rotatable bonds is 6. The van der Waals surface area contributed by atoms with Crippen LogP contribution in [-0.2, 0) is 4.79 Å². The van der Waals surface area contributed by atoms with Gasteiger partial charge >= 0.3 is 0 Å². The maximum Gasteiger partial charge on any atom is 0.232 e. The Kier molecular flexibility index (Phi) is 6.19. The van der Waals surface area contributed by atoms with Gasteiger partial charge in [0.2, 0.25) is 5.91 Å². The van der Waals surface area contributed by atoms with E-state index in [-0.39, 0.29) is 11.9 Å². The SMILES string of the molecule is CCNC(CN(C(=O)C(C)(C)C)c1ccccc1)c1sccc1C. The van der Waals surface area contributed by atoms with Crippen LogP contribution in [-0.4, -0.2) is 19.0 Å². The highest BCUT2D eigenvalue weighted by Crippen LogP contribution is 2.29. The maximum absolute atomic E-state index is 13.1. The van der Waals surface area contributed by atoms with Crippen molar-refractivity contribution < 1.29 is 4.79 Å². The molecule has 0 aliphatic heterocycles. The van der Waals surface area contributed by atoms with Gasteiger partial charge in [0.1, 0.15) is 0 Å². The first kappa shape index (κ1) is 18.7. The predicted octanol–water partition coefficient (Wildman–Crippen LogP) is 4.79. The molecular formula is C20H28N2OS. The van der Waals surface area contributed by atoms with Crippen LogP contribution < -0.4 is 10.2 Å². The molecule has 0 spiro atoms. The summed E-state index contributed by atoms with van der Waals surface area (Å²) in [6, 6.07) is 12.2. The predicted molar refractivity (Wildman–Crippen MR) is 104 cm³/mol. The number of nitrogens with zero attached hydrogens (tertiary/aromatic N) is 1. The van der Waals surface area contributed by atoms with Crippen molar-refractivity contribution in [2.45, 2.75) is 40.7 Å². The van der Waals surface area contributed by atoms with Gasteiger partial charge in [-0.1, -0.05) is 45.9 Å². The minimum absolute atomic E-state index is 0.140. The Morgan fingerprint density at radius 2 is 1.88 bits per heavy atom. The number of anilines is 1. The normalized spacial score (nSPS) is 12.9. The molecule has 0 saturated carbocycles. The largest absolute Gasteiger partial charge is 0.310 e. The summed E-state index contributed by atoms with van der Waals surface area (Å²) in [5.74, 6) is 0.144. The Bertz CT molecular complexity index is 658. The summed E-state index contributed by atoms with van der Waals surface area (Å²) in [4.78, 5) is 16.3. The van der Waals surface area contributed by atoms with E-state index >= 15 is 0 Å². The second-order valence-electron chi connectivity index (χ2n) is 7.08. The van der Waals surface area contributed by atoms with Gasteiger partial charge in [0.05, 0.1) is 6.04 Å². The smallest absolute Gasteiger partial charge is 0.232 e. The number of aryl methyl sites for hydroxylation is 1. The molecule has 0 aliphatic rings. The van der Waals surface area contributed by atoms with Crippen molar-refractivity contribution in [3.05, 3.63) is 52.2 Å². The van der Waals surface area contributed by atoms with E-state index in [4.69, 9.17) is 0 Å². The lowest BCUT2D eigenvalue weighted by atomic mass is 9.94. The number of carbonyl (C=O) groups excluding carboxylic acids is 1. The Morgan fingerprint density at radius 1 is 1.21 bits per heavy atom. The summed E-state index contributed by atoms with van der Waals surface area (Å²) < 4.78 is 0. The standard InChI is InChI=1S/C20H28N2OS/c1-6-21-17(18-15(2)12-13-24-18)14-22(19(23)20(3,4)5)16-10-8-7-9-11-16/h7-13,17,21H,6,14H2,1-5H3. The van der Waals surface area contributed by atoms with E-state index in [0.717, 1.165) is 12.2 Å². The van der Waals surface area contributed by atoms with Gasteiger partial charge in [-0.15, -0.1) is 11.3 Å². The van der Waals surface area contributed by atoms with Crippen LogP contribution in [0.4, 0.5) is 5.69 Å². The summed E-state index contributed by atoms with van der Waals surface area (Å²) in [6.45, 7) is 11.7. The van der Waals surface area contributed by atoms with Crippen molar-refractivity contribution in [2.75, 3.05) is 18.0 Å². The maximum atomic E-state index is 13.1. The Hall–Kier alpha value is -1.65. The minimum atomic E-state index is -0.420. The van der Waals surface area contributed by atoms with Gasteiger partial charge in [0.25, 0.3) is 0 Å². The van der Waals surface area contributed by atoms with Gasteiger partial charge in [-0.25, -0.2) is 0 Å². The summed E-state index contributed by atoms with van der Waals surface area (Å²) >= 11 is 1.75. The number of benzene rings is 1. The van der Waals surface area contributed by atoms with E-state index in [2.05, 4.69) is 30.6 Å². The third-order valence-electron chi connectivity index (χ3n) is 3.99. The number of amides is 1. The molecule has 1 heterocycles. The molecule has 0 saturated heterocycles. The van der Waals surface area contributed by atoms with Crippen LogP contribution in [0.5, 0.6) is 0 Å². The van der Waals surface area contributed by atoms with Crippen molar-refractivity contribution in [2.24, 2.45) is 5.41 Å². The first-order chi connectivity index (χ1) is 11.3. The first-order valence-electron chi connectivity index (χ1n) is 8.49. The van der Waals surface area contributed by atoms with Crippen LogP contribution in [0.1, 0.15) is 44.2 Å². The summed E-state index contributed by atoms with van der Waals surface area (Å²) in [7, 11) is 0. The second kappa shape index (κ2) is 7.95. The molecule has 0 radical (unpaired) electrons. The van der Waals surface area contributed by atoms with E-state index in [1.165, 1.54) is 10.4 Å². The van der Waals surface area contributed by atoms with Crippen molar-refractivity contribution in [3.63, 3.8) is 0 Å². The molecule has 0 bridgehead atoms. The zero-order valence-corrected chi connectivity index (χ0v) is 16.1. The summed E-state index contributed by atoms with van der Waals surface area (Å²) in [5.41, 5.74) is 1.81. The number of thiophene rings is 1. The van der Waals surface area contributed by atoms with E-state index in [1.54, 1.807) is 11.3 Å². The summed E-state index contributed by atoms with van der Waals surface area (Å²) in [6.07, 6.45) is 0. The number of carbonyl (C=O) groups is 1. The Morgan fingerprint density at radius 3 is 2.38 bits per heavy atom. The Labute approximate surface area is 149 Å². The topological polar surface area (TPSA) is 32.3 Å². The number of likely N-dealkylation sites (N-methyl/N-ethyl adjacent to an activating group) is 1. The summed E-state index contributed by atoms with van der Waals surface area (Å²) in [5, 5.41) is 5.67. The van der Waals surface area contributed by atoms with Gasteiger partial charge < -0.3 is 10.2 Å². The van der Waals surface area contributed by atoms with Crippen LogP contribution in [0.3, 0.4) is 0 Å². The molecule has 0 fully saturated rings. The van der Waals surface area contributed by atoms with Crippen molar-refractivity contribution in [1.82, 2.24) is 5.32 Å². The monoisotopic (exact) mass is 344 g/mol. The van der Waals surface area contributed by atoms with Crippen molar-refractivity contribution in [1.29, 1.82) is 0 Å². The molecule has 1 N–H and O–H groups in total. The number of hydrogen-bond donors (Lipinski definition) is 1. The Balaban J connectivity index is 2.36. The van der Waals surface area contributed by atoms with Gasteiger partial charge in [-0.05, 0) is 42.6 Å². The van der Waals surface area contributed by atoms with Crippen LogP contribution >= 0.6 is 11.3 Å². The van der Waals surface area contributed by atoms with Gasteiger partial charge in [0.15, 0.2) is 0 Å². The third kappa shape index (κ3) is 4.46. The number of nitrogens with one attached hydrogen (secondary N) is 1. The minimum Gasteiger partial charge on any atom is -0.310 e. The molecule has 1 aromatic heterocycles. The quantitative estimate of drug-likeness (QED) is 0.817. The highest BCUT2D eigenvalue weighted by molar-refractivity contribution is 7.10. The van der Waals surface area contributed by atoms with Crippen LogP contribution in [0.25, 0.3) is 0 Å². The first-order valence-corrected chi connectivity index (χ1v) is 9.37. The van der Waals surface area contributed by atoms with E-state index < -0.39 is 5.41 Å². The van der Waals surface area contributed by atoms with E-state index in [9.17, 15) is 4.79 Å². The molecule has 0 aliphatic carbocycles. The molecule has 2 rings (SSSR count). The molecule has 2 aromatic rings. The molecule has 130 valence electrons. The van der Waals surface area contributed by atoms with Crippen LogP contribution in [0, 0.1) is 12.3 Å². The fraction of sp³-hybridized carbons (Fsp3) is 0.450. The van der Waals surface area contributed by atoms with Gasteiger partial charge in [-0.2, -0.15) is 0 Å². The van der Waals surface area contributed by atoms with Crippen molar-refractivity contribution >= 4 is 22.9 Å². The lowest BCUT2D eigenvalue weighted by molar-refractivity contribution is -0.125. The molecule has 1 amide bonds. The lowest BCUT2D eigenvalue weighted by Gasteiger charge is -2.33. The average molecular weight is 345 g/mol. The van der Waals surface area contributed by atoms with Gasteiger partial charge in [-0.3, -0.25) is 4.79 Å². The number of para-hydroxylation sites is 1. The molecular weight excluding hydrogens is 316 g/mol. The molecule has 3 nitrogen and oxygen atoms in total. The van der Waals surface area contributed by atoms with Gasteiger partial charge in [0, 0.05) is 22.5 Å². The molecule has 1 unspecified atom stereocenters. The highest BCUT2D eigenvalue weighted by Gasteiger charge is 2.30. The highest BCUT2D eigenvalue weighted by atomic mass is 32.1. The molecule has 24 heavy (non-hydrogen) atoms. The fourth-order valence-corrected chi connectivity index (χ4v) is 3.72. The molecule has 4 heteroatoms. The van der Waals surface area contributed by atoms with E-state index in [1.807, 2.05) is 56.0 Å². The molecule has 1 atom stereocenters. The molecule has 1 aromatic carbocycles. The van der Waals surface area contributed by atoms with Crippen LogP contribution in [0.15, 0.2) is 41.8 Å². The lowest BCUT2D eigenvalue weighted by Crippen LogP contribution is -2.44.